The molecule has 0 aliphatic rings. The smallest absolute Gasteiger partial charge is 0.213 e. The number of hydrogen-bond donors (Lipinski definition) is 1. The van der Waals surface area contributed by atoms with Crippen LogP contribution in [0.3, 0.4) is 0 Å². The van der Waals surface area contributed by atoms with E-state index in [0.717, 1.165) is 22.4 Å². The summed E-state index contributed by atoms with van der Waals surface area (Å²) in [6, 6.07) is 22.7. The van der Waals surface area contributed by atoms with Gasteiger partial charge in [-0.2, -0.15) is 0 Å². The van der Waals surface area contributed by atoms with Crippen LogP contribution in [0.25, 0.3) is 21.8 Å². The van der Waals surface area contributed by atoms with E-state index in [1.54, 1.807) is 0 Å². The highest BCUT2D eigenvalue weighted by atomic mass is 14.9. The van der Waals surface area contributed by atoms with Crippen molar-refractivity contribution in [3.8, 4) is 0 Å². The van der Waals surface area contributed by atoms with Crippen LogP contribution in [0.2, 0.25) is 0 Å². The third kappa shape index (κ3) is 2.27. The minimum atomic E-state index is 0.707. The molecule has 2 aromatic heterocycles. The van der Waals surface area contributed by atoms with Crippen LogP contribution in [-0.4, -0.2) is 4.98 Å². The summed E-state index contributed by atoms with van der Waals surface area (Å²) in [5.74, 6) is 0. The summed E-state index contributed by atoms with van der Waals surface area (Å²) in [6.45, 7) is 0.707. The molecule has 3 heteroatoms. The first kappa shape index (κ1) is 12.8. The summed E-state index contributed by atoms with van der Waals surface area (Å²) in [4.78, 5) is 7.88. The molecule has 0 fully saturated rings. The number of H-pyrrole nitrogens is 1. The Morgan fingerprint density at radius 1 is 0.773 bits per heavy atom. The lowest BCUT2D eigenvalue weighted by Gasteiger charge is -2.10. The lowest BCUT2D eigenvalue weighted by Crippen LogP contribution is -2.09. The average Bonchev–Trinajstić information content (AvgIpc) is 2.59. The van der Waals surface area contributed by atoms with Gasteiger partial charge in [0.25, 0.3) is 0 Å². The summed E-state index contributed by atoms with van der Waals surface area (Å²) in [5.41, 5.74) is 4.44. The molecular formula is C19H16N3+. The minimum absolute atomic E-state index is 0.707. The van der Waals surface area contributed by atoms with Gasteiger partial charge in [-0.15, -0.1) is 0 Å². The molecule has 4 aromatic rings. The van der Waals surface area contributed by atoms with Crippen LogP contribution < -0.4 is 10.3 Å². The number of rotatable bonds is 3. The second kappa shape index (κ2) is 5.45. The molecule has 0 atom stereocenters. The van der Waals surface area contributed by atoms with E-state index in [2.05, 4.69) is 63.8 Å². The van der Waals surface area contributed by atoms with Crippen molar-refractivity contribution in [1.82, 2.24) is 4.98 Å². The van der Waals surface area contributed by atoms with Gasteiger partial charge in [0.15, 0.2) is 0 Å². The van der Waals surface area contributed by atoms with Gasteiger partial charge in [0.2, 0.25) is 11.0 Å². The van der Waals surface area contributed by atoms with Gasteiger partial charge in [-0.05, 0) is 24.3 Å². The number of anilines is 1. The van der Waals surface area contributed by atoms with E-state index in [1.807, 2.05) is 24.4 Å². The van der Waals surface area contributed by atoms with E-state index in [0.29, 0.717) is 6.54 Å². The Hall–Kier alpha value is -2.94. The van der Waals surface area contributed by atoms with Crippen molar-refractivity contribution in [1.29, 1.82) is 0 Å². The molecule has 0 aliphatic carbocycles. The third-order valence-electron chi connectivity index (χ3n) is 3.83. The van der Waals surface area contributed by atoms with Crippen LogP contribution in [0.15, 0.2) is 72.9 Å². The van der Waals surface area contributed by atoms with Crippen molar-refractivity contribution < 1.29 is 4.98 Å². The van der Waals surface area contributed by atoms with E-state index in [4.69, 9.17) is 0 Å². The molecule has 3 nitrogen and oxygen atoms in total. The Morgan fingerprint density at radius 3 is 2.05 bits per heavy atom. The van der Waals surface area contributed by atoms with E-state index >= 15 is 0 Å². The van der Waals surface area contributed by atoms with E-state index in [9.17, 15) is 0 Å². The van der Waals surface area contributed by atoms with E-state index < -0.39 is 0 Å². The maximum Gasteiger partial charge on any atom is 0.213 e. The molecule has 0 amide bonds. The van der Waals surface area contributed by atoms with Crippen molar-refractivity contribution in [2.45, 2.75) is 6.54 Å². The monoisotopic (exact) mass is 286 g/mol. The number of hydrogen-bond acceptors (Lipinski definition) is 2. The number of nitrogens with one attached hydrogen (secondary N) is 2. The van der Waals surface area contributed by atoms with Gasteiger partial charge in [0, 0.05) is 18.3 Å². The van der Waals surface area contributed by atoms with Crippen LogP contribution in [0.1, 0.15) is 5.69 Å². The predicted octanol–water partition coefficient (Wildman–Crippen LogP) is 3.81. The zero-order valence-corrected chi connectivity index (χ0v) is 12.1. The van der Waals surface area contributed by atoms with E-state index in [1.165, 1.54) is 10.8 Å². The molecule has 0 unspecified atom stereocenters. The van der Waals surface area contributed by atoms with Gasteiger partial charge < -0.3 is 5.32 Å². The molecule has 2 aromatic carbocycles. The second-order valence-electron chi connectivity index (χ2n) is 5.27. The molecule has 0 bridgehead atoms. The fraction of sp³-hybridized carbons (Fsp3) is 0.0526. The molecule has 4 rings (SSSR count). The summed E-state index contributed by atoms with van der Waals surface area (Å²) in [5, 5.41) is 5.95. The van der Waals surface area contributed by atoms with Gasteiger partial charge >= 0.3 is 0 Å². The largest absolute Gasteiger partial charge is 0.378 e. The number of para-hydroxylation sites is 2. The standard InChI is InChI=1S/C19H15N3/c1-3-10-17-15(8-1)19(16-9-2-4-11-18(16)22-17)21-13-14-7-5-6-12-20-14/h1-12H,13H2,(H,21,22)/p+1. The highest BCUT2D eigenvalue weighted by Gasteiger charge is 2.12. The van der Waals surface area contributed by atoms with Gasteiger partial charge in [-0.3, -0.25) is 4.98 Å². The highest BCUT2D eigenvalue weighted by Crippen LogP contribution is 2.28. The van der Waals surface area contributed by atoms with Crippen molar-refractivity contribution in [2.24, 2.45) is 0 Å². The summed E-state index contributed by atoms with van der Waals surface area (Å²) in [7, 11) is 0. The predicted molar refractivity (Wildman–Crippen MR) is 89.6 cm³/mol. The zero-order valence-electron chi connectivity index (χ0n) is 12.1. The van der Waals surface area contributed by atoms with Crippen LogP contribution in [0.5, 0.6) is 0 Å². The second-order valence-corrected chi connectivity index (χ2v) is 5.27. The molecule has 0 saturated carbocycles. The van der Waals surface area contributed by atoms with Crippen molar-refractivity contribution in [3.05, 3.63) is 78.6 Å². The fourth-order valence-corrected chi connectivity index (χ4v) is 2.78. The summed E-state index contributed by atoms with van der Waals surface area (Å²) >= 11 is 0. The van der Waals surface area contributed by atoms with Crippen LogP contribution in [0.4, 0.5) is 5.69 Å². The SMILES string of the molecule is c1ccc(CNc2c3ccccc3[nH+]c3ccccc23)nc1. The van der Waals surface area contributed by atoms with Crippen molar-refractivity contribution in [2.75, 3.05) is 5.32 Å². The lowest BCUT2D eigenvalue weighted by atomic mass is 10.1. The fourth-order valence-electron chi connectivity index (χ4n) is 2.78. The Labute approximate surface area is 128 Å². The Morgan fingerprint density at radius 2 is 1.41 bits per heavy atom. The van der Waals surface area contributed by atoms with Crippen LogP contribution in [-0.2, 0) is 6.54 Å². The van der Waals surface area contributed by atoms with Crippen molar-refractivity contribution >= 4 is 27.5 Å². The number of benzene rings is 2. The first-order chi connectivity index (χ1) is 10.9. The number of fused-ring (bicyclic) bond motifs is 2. The zero-order chi connectivity index (χ0) is 14.8. The molecule has 0 spiro atoms. The van der Waals surface area contributed by atoms with Crippen LogP contribution >= 0.6 is 0 Å². The van der Waals surface area contributed by atoms with Crippen LogP contribution in [0, 0.1) is 0 Å². The third-order valence-corrected chi connectivity index (χ3v) is 3.83. The number of pyridine rings is 2. The number of aromatic amines is 1. The Kier molecular flexibility index (Phi) is 3.16. The molecular weight excluding hydrogens is 270 g/mol. The van der Waals surface area contributed by atoms with Crippen molar-refractivity contribution in [3.63, 3.8) is 0 Å². The van der Waals surface area contributed by atoms with Gasteiger partial charge in [-0.1, -0.05) is 30.3 Å². The lowest BCUT2D eigenvalue weighted by molar-refractivity contribution is -0.310. The minimum Gasteiger partial charge on any atom is -0.378 e. The van der Waals surface area contributed by atoms with E-state index in [-0.39, 0.29) is 0 Å². The normalized spacial score (nSPS) is 10.9. The molecule has 106 valence electrons. The summed E-state index contributed by atoms with van der Waals surface area (Å²) in [6.07, 6.45) is 1.83. The average molecular weight is 286 g/mol. The number of aromatic nitrogens is 2. The molecule has 0 saturated heterocycles. The molecule has 0 aliphatic heterocycles. The quantitative estimate of drug-likeness (QED) is 0.582. The maximum atomic E-state index is 4.38. The number of nitrogens with zero attached hydrogens (tertiary/aromatic N) is 1. The highest BCUT2D eigenvalue weighted by molar-refractivity contribution is 6.04. The van der Waals surface area contributed by atoms with Gasteiger partial charge in [0.1, 0.15) is 0 Å². The molecule has 2 N–H and O–H groups in total. The summed E-state index contributed by atoms with van der Waals surface area (Å²) < 4.78 is 0. The Balaban J connectivity index is 1.85. The maximum absolute atomic E-state index is 4.38. The molecule has 2 heterocycles. The molecule has 0 radical (unpaired) electrons. The molecule has 22 heavy (non-hydrogen) atoms. The first-order valence-corrected chi connectivity index (χ1v) is 7.38. The Bertz CT molecular complexity index is 879. The van der Waals surface area contributed by atoms with Gasteiger partial charge in [0.05, 0.1) is 28.7 Å². The topological polar surface area (TPSA) is 39.1 Å². The first-order valence-electron chi connectivity index (χ1n) is 7.38. The van der Waals surface area contributed by atoms with Gasteiger partial charge in [-0.25, -0.2) is 4.98 Å².